The van der Waals surface area contributed by atoms with E-state index in [0.29, 0.717) is 0 Å². The molecule has 0 atom stereocenters. The van der Waals surface area contributed by atoms with Gasteiger partial charge in [-0.2, -0.15) is 10.2 Å². The lowest BCUT2D eigenvalue weighted by atomic mass is 10.3. The molecule has 2 heterocycles. The fourth-order valence-corrected chi connectivity index (χ4v) is 2.20. The zero-order chi connectivity index (χ0) is 14.4. The summed E-state index contributed by atoms with van der Waals surface area (Å²) in [7, 11) is 1.71. The van der Waals surface area contributed by atoms with Gasteiger partial charge in [0.1, 0.15) is 0 Å². The maximum Gasteiger partial charge on any atom is 0.0832 e. The van der Waals surface area contributed by atoms with Crippen molar-refractivity contribution in [3.63, 3.8) is 0 Å². The van der Waals surface area contributed by atoms with Crippen molar-refractivity contribution in [1.29, 1.82) is 0 Å². The molecule has 2 aromatic heterocycles. The average Bonchev–Trinajstić information content (AvgIpc) is 3.02. The third-order valence-electron chi connectivity index (χ3n) is 3.19. The van der Waals surface area contributed by atoms with E-state index in [9.17, 15) is 0 Å². The molecular weight excluding hydrogens is 254 g/mol. The molecule has 0 spiro atoms. The van der Waals surface area contributed by atoms with E-state index in [1.54, 1.807) is 7.11 Å². The van der Waals surface area contributed by atoms with Crippen molar-refractivity contribution in [2.75, 3.05) is 20.3 Å². The molecule has 0 aromatic carbocycles. The van der Waals surface area contributed by atoms with Crippen LogP contribution < -0.4 is 5.32 Å². The van der Waals surface area contributed by atoms with Crippen LogP contribution in [0.5, 0.6) is 0 Å². The largest absolute Gasteiger partial charge is 0.383 e. The first-order valence-electron chi connectivity index (χ1n) is 6.98. The van der Waals surface area contributed by atoms with Crippen LogP contribution >= 0.6 is 0 Å². The molecule has 0 fully saturated rings. The summed E-state index contributed by atoms with van der Waals surface area (Å²) >= 11 is 0. The highest BCUT2D eigenvalue weighted by Gasteiger charge is 2.08. The van der Waals surface area contributed by atoms with Crippen LogP contribution in [0.25, 0.3) is 0 Å². The molecule has 0 bridgehead atoms. The zero-order valence-corrected chi connectivity index (χ0v) is 12.5. The molecule has 0 unspecified atom stereocenters. The Morgan fingerprint density at radius 1 is 1.30 bits per heavy atom. The van der Waals surface area contributed by atoms with Crippen LogP contribution in [0.4, 0.5) is 0 Å². The van der Waals surface area contributed by atoms with Crippen molar-refractivity contribution in [2.24, 2.45) is 0 Å². The van der Waals surface area contributed by atoms with Gasteiger partial charge in [0.2, 0.25) is 0 Å². The lowest BCUT2D eigenvalue weighted by molar-refractivity contribution is 0.199. The maximum atomic E-state index is 5.02. The van der Waals surface area contributed by atoms with E-state index in [1.807, 2.05) is 28.6 Å². The summed E-state index contributed by atoms with van der Waals surface area (Å²) in [5.41, 5.74) is 3.41. The molecule has 110 valence electrons. The molecule has 0 aliphatic rings. The zero-order valence-electron chi connectivity index (χ0n) is 12.5. The smallest absolute Gasteiger partial charge is 0.0832 e. The monoisotopic (exact) mass is 277 g/mol. The summed E-state index contributed by atoms with van der Waals surface area (Å²) in [6, 6.07) is 4.16. The van der Waals surface area contributed by atoms with Crippen LogP contribution in [0, 0.1) is 6.92 Å². The minimum Gasteiger partial charge on any atom is -0.383 e. The fourth-order valence-electron chi connectivity index (χ4n) is 2.20. The van der Waals surface area contributed by atoms with E-state index in [0.717, 1.165) is 38.5 Å². The Morgan fingerprint density at radius 2 is 2.15 bits per heavy atom. The van der Waals surface area contributed by atoms with Crippen LogP contribution in [0.1, 0.15) is 24.0 Å². The van der Waals surface area contributed by atoms with Crippen LogP contribution in [-0.2, 0) is 24.4 Å². The van der Waals surface area contributed by atoms with Gasteiger partial charge in [-0.05, 0) is 26.0 Å². The molecule has 1 N–H and O–H groups in total. The van der Waals surface area contributed by atoms with Crippen molar-refractivity contribution >= 4 is 0 Å². The molecule has 0 saturated heterocycles. The second-order valence-corrected chi connectivity index (χ2v) is 4.74. The third-order valence-corrected chi connectivity index (χ3v) is 3.19. The van der Waals surface area contributed by atoms with Crippen molar-refractivity contribution in [2.45, 2.75) is 33.5 Å². The predicted octanol–water partition coefficient (Wildman–Crippen LogP) is 1.19. The second-order valence-electron chi connectivity index (χ2n) is 4.74. The molecule has 0 aliphatic carbocycles. The molecule has 6 nitrogen and oxygen atoms in total. The molecule has 2 aromatic rings. The van der Waals surface area contributed by atoms with Gasteiger partial charge < -0.3 is 10.1 Å². The number of rotatable bonds is 8. The van der Waals surface area contributed by atoms with E-state index in [4.69, 9.17) is 4.74 Å². The molecule has 0 radical (unpaired) electrons. The Kier molecular flexibility index (Phi) is 5.31. The van der Waals surface area contributed by atoms with Gasteiger partial charge in [-0.1, -0.05) is 0 Å². The van der Waals surface area contributed by atoms with Crippen molar-refractivity contribution in [1.82, 2.24) is 24.9 Å². The van der Waals surface area contributed by atoms with Crippen LogP contribution in [0.2, 0.25) is 0 Å². The van der Waals surface area contributed by atoms with E-state index in [-0.39, 0.29) is 0 Å². The summed E-state index contributed by atoms with van der Waals surface area (Å²) in [4.78, 5) is 0. The minimum atomic E-state index is 0.718. The highest BCUT2D eigenvalue weighted by atomic mass is 16.5. The molecule has 2 rings (SSSR count). The Labute approximate surface area is 119 Å². The van der Waals surface area contributed by atoms with Gasteiger partial charge >= 0.3 is 0 Å². The highest BCUT2D eigenvalue weighted by Crippen LogP contribution is 2.08. The first-order valence-corrected chi connectivity index (χ1v) is 6.98. The summed E-state index contributed by atoms with van der Waals surface area (Å²) in [5, 5.41) is 12.2. The van der Waals surface area contributed by atoms with Crippen molar-refractivity contribution in [3.05, 3.63) is 35.4 Å². The van der Waals surface area contributed by atoms with E-state index < -0.39 is 0 Å². The summed E-state index contributed by atoms with van der Waals surface area (Å²) in [6.07, 6.45) is 1.84. The molecular formula is C14H23N5O. The first kappa shape index (κ1) is 14.7. The van der Waals surface area contributed by atoms with E-state index in [1.165, 1.54) is 11.4 Å². The summed E-state index contributed by atoms with van der Waals surface area (Å²) < 4.78 is 9.07. The third kappa shape index (κ3) is 3.68. The Balaban J connectivity index is 2.00. The molecule has 20 heavy (non-hydrogen) atoms. The van der Waals surface area contributed by atoms with Gasteiger partial charge in [0, 0.05) is 32.9 Å². The number of nitrogens with zero attached hydrogens (tertiary/aromatic N) is 4. The van der Waals surface area contributed by atoms with E-state index in [2.05, 4.69) is 28.5 Å². The molecule has 0 saturated carbocycles. The number of aryl methyl sites for hydroxylation is 2. The lowest BCUT2D eigenvalue weighted by Gasteiger charge is -2.09. The van der Waals surface area contributed by atoms with Crippen LogP contribution in [0.3, 0.4) is 0 Å². The Morgan fingerprint density at radius 3 is 2.90 bits per heavy atom. The van der Waals surface area contributed by atoms with Crippen molar-refractivity contribution in [3.8, 4) is 0 Å². The number of hydrogen-bond donors (Lipinski definition) is 1. The van der Waals surface area contributed by atoms with Gasteiger partial charge in [-0.15, -0.1) is 0 Å². The quantitative estimate of drug-likeness (QED) is 0.737. The second kappa shape index (κ2) is 7.21. The molecule has 0 amide bonds. The standard InChI is InChI=1S/C14H23N5O/c1-4-18-14(9-12(2)17-18)11-19-13(5-6-16-19)10-15-7-8-20-3/h5-6,9,15H,4,7-8,10-11H2,1-3H3. The average molecular weight is 277 g/mol. The minimum absolute atomic E-state index is 0.718. The van der Waals surface area contributed by atoms with Gasteiger partial charge in [-0.25, -0.2) is 0 Å². The number of nitrogens with one attached hydrogen (secondary N) is 1. The lowest BCUT2D eigenvalue weighted by Crippen LogP contribution is -2.21. The number of methoxy groups -OCH3 is 1. The normalized spacial score (nSPS) is 11.2. The SMILES string of the molecule is CCn1nc(C)cc1Cn1nccc1CNCCOC. The Bertz CT molecular complexity index is 531. The van der Waals surface area contributed by atoms with Crippen LogP contribution in [0.15, 0.2) is 18.3 Å². The predicted molar refractivity (Wildman–Crippen MR) is 77.5 cm³/mol. The Hall–Kier alpha value is -1.66. The van der Waals surface area contributed by atoms with Gasteiger partial charge in [-0.3, -0.25) is 9.36 Å². The van der Waals surface area contributed by atoms with Gasteiger partial charge in [0.15, 0.2) is 0 Å². The number of ether oxygens (including phenoxy) is 1. The highest BCUT2D eigenvalue weighted by molar-refractivity contribution is 5.11. The summed E-state index contributed by atoms with van der Waals surface area (Å²) in [6.45, 7) is 8.11. The van der Waals surface area contributed by atoms with Gasteiger partial charge in [0.05, 0.1) is 30.2 Å². The number of hydrogen-bond acceptors (Lipinski definition) is 4. The molecule has 6 heteroatoms. The van der Waals surface area contributed by atoms with Gasteiger partial charge in [0.25, 0.3) is 0 Å². The number of aromatic nitrogens is 4. The summed E-state index contributed by atoms with van der Waals surface area (Å²) in [5.74, 6) is 0. The molecule has 0 aliphatic heterocycles. The maximum absolute atomic E-state index is 5.02. The fraction of sp³-hybridized carbons (Fsp3) is 0.571. The first-order chi connectivity index (χ1) is 9.74. The van der Waals surface area contributed by atoms with Crippen LogP contribution in [-0.4, -0.2) is 39.8 Å². The topological polar surface area (TPSA) is 56.9 Å². The van der Waals surface area contributed by atoms with E-state index >= 15 is 0 Å². The van der Waals surface area contributed by atoms with Crippen molar-refractivity contribution < 1.29 is 4.74 Å².